The van der Waals surface area contributed by atoms with Crippen molar-refractivity contribution in [2.75, 3.05) is 6.61 Å². The number of fused-ring (bicyclic) bond motifs is 2. The van der Waals surface area contributed by atoms with Crippen molar-refractivity contribution in [1.82, 2.24) is 0 Å². The van der Waals surface area contributed by atoms with Crippen LogP contribution in [0.2, 0.25) is 0 Å². The Morgan fingerprint density at radius 1 is 1.38 bits per heavy atom. The van der Waals surface area contributed by atoms with Crippen molar-refractivity contribution in [3.05, 3.63) is 10.4 Å². The van der Waals surface area contributed by atoms with Crippen LogP contribution in [0.25, 0.3) is 10.4 Å². The van der Waals surface area contributed by atoms with Gasteiger partial charge in [-0.05, 0) is 5.53 Å². The molecule has 0 saturated carbocycles. The highest BCUT2D eigenvalue weighted by Gasteiger charge is 2.49. The molecule has 7 nitrogen and oxygen atoms in total. The number of aliphatic hydroxyl groups is 2. The molecule has 2 aliphatic rings. The lowest BCUT2D eigenvalue weighted by molar-refractivity contribution is -0.177. The largest absolute Gasteiger partial charge is 0.390 e. The molecule has 2 fully saturated rings. The summed E-state index contributed by atoms with van der Waals surface area (Å²) in [5.74, 6) is 0. The smallest absolute Gasteiger partial charge is 0.169 e. The van der Waals surface area contributed by atoms with E-state index < -0.39 is 30.6 Å². The van der Waals surface area contributed by atoms with Crippen LogP contribution in [0.3, 0.4) is 0 Å². The van der Waals surface area contributed by atoms with Gasteiger partial charge < -0.3 is 19.7 Å². The highest BCUT2D eigenvalue weighted by Crippen LogP contribution is 2.29. The Morgan fingerprint density at radius 2 is 2.15 bits per heavy atom. The van der Waals surface area contributed by atoms with Crippen LogP contribution in [-0.4, -0.2) is 47.5 Å². The van der Waals surface area contributed by atoms with E-state index in [-0.39, 0.29) is 6.61 Å². The van der Waals surface area contributed by atoms with Gasteiger partial charge >= 0.3 is 0 Å². The zero-order valence-corrected chi connectivity index (χ0v) is 6.65. The normalized spacial score (nSPS) is 48.6. The fourth-order valence-corrected chi connectivity index (χ4v) is 1.56. The zero-order chi connectivity index (χ0) is 9.42. The van der Waals surface area contributed by atoms with Crippen LogP contribution in [0.15, 0.2) is 5.11 Å². The molecule has 2 bridgehead atoms. The van der Waals surface area contributed by atoms with Crippen molar-refractivity contribution in [3.63, 3.8) is 0 Å². The molecule has 2 heterocycles. The maximum absolute atomic E-state index is 9.47. The summed E-state index contributed by atoms with van der Waals surface area (Å²) in [6, 6.07) is -0.862. The van der Waals surface area contributed by atoms with Gasteiger partial charge in [-0.25, -0.2) is 0 Å². The Labute approximate surface area is 73.5 Å². The second-order valence-electron chi connectivity index (χ2n) is 3.05. The number of nitrogens with zero attached hydrogens (tertiary/aromatic N) is 3. The predicted octanol–water partition coefficient (Wildman–Crippen LogP) is -0.858. The third kappa shape index (κ3) is 1.27. The molecule has 0 aromatic rings. The van der Waals surface area contributed by atoms with Crippen molar-refractivity contribution < 1.29 is 19.7 Å². The molecule has 0 aromatic carbocycles. The molecule has 0 radical (unpaired) electrons. The van der Waals surface area contributed by atoms with Crippen LogP contribution in [0.1, 0.15) is 0 Å². The minimum Gasteiger partial charge on any atom is -0.390 e. The fourth-order valence-electron chi connectivity index (χ4n) is 1.56. The molecule has 0 aromatic heterocycles. The topological polar surface area (TPSA) is 108 Å². The summed E-state index contributed by atoms with van der Waals surface area (Å²) >= 11 is 0. The molecular weight excluding hydrogens is 178 g/mol. The minimum atomic E-state index is -1.11. The van der Waals surface area contributed by atoms with E-state index in [1.165, 1.54) is 0 Å². The molecular formula is C6H9N3O4. The molecule has 0 spiro atoms. The van der Waals surface area contributed by atoms with Gasteiger partial charge in [0, 0.05) is 4.91 Å². The number of rotatable bonds is 1. The number of aliphatic hydroxyl groups excluding tert-OH is 2. The SMILES string of the molecule is [N-]=[N+]=N[C@H]1C2OC[C@@H](O2)[C@@H](O)C1O. The molecule has 2 rings (SSSR count). The Bertz CT molecular complexity index is 254. The van der Waals surface area contributed by atoms with E-state index in [2.05, 4.69) is 10.0 Å². The second-order valence-corrected chi connectivity index (χ2v) is 3.05. The van der Waals surface area contributed by atoms with E-state index in [4.69, 9.17) is 15.0 Å². The third-order valence-corrected chi connectivity index (χ3v) is 2.28. The van der Waals surface area contributed by atoms with Gasteiger partial charge in [-0.3, -0.25) is 0 Å². The van der Waals surface area contributed by atoms with Crippen LogP contribution in [0, 0.1) is 0 Å². The summed E-state index contributed by atoms with van der Waals surface area (Å²) in [5, 5.41) is 22.2. The summed E-state index contributed by atoms with van der Waals surface area (Å²) in [4.78, 5) is 2.55. The van der Waals surface area contributed by atoms with E-state index in [1.54, 1.807) is 0 Å². The van der Waals surface area contributed by atoms with Gasteiger partial charge in [0.05, 0.1) is 12.7 Å². The van der Waals surface area contributed by atoms with Gasteiger partial charge in [0.25, 0.3) is 0 Å². The Balaban J connectivity index is 2.21. The molecule has 5 atom stereocenters. The molecule has 2 unspecified atom stereocenters. The number of azide groups is 1. The molecule has 7 heteroatoms. The van der Waals surface area contributed by atoms with Gasteiger partial charge in [0.1, 0.15) is 18.2 Å². The Morgan fingerprint density at radius 3 is 2.85 bits per heavy atom. The lowest BCUT2D eigenvalue weighted by Crippen LogP contribution is -2.52. The van der Waals surface area contributed by atoms with Gasteiger partial charge in [-0.1, -0.05) is 5.11 Å². The lowest BCUT2D eigenvalue weighted by atomic mass is 10.00. The first-order chi connectivity index (χ1) is 6.24. The van der Waals surface area contributed by atoms with Gasteiger partial charge in [0.15, 0.2) is 6.29 Å². The quantitative estimate of drug-likeness (QED) is 0.316. The van der Waals surface area contributed by atoms with Crippen molar-refractivity contribution in [3.8, 4) is 0 Å². The molecule has 0 amide bonds. The maximum atomic E-state index is 9.47. The summed E-state index contributed by atoms with van der Waals surface area (Å²) in [6.45, 7) is 0.223. The van der Waals surface area contributed by atoms with Gasteiger partial charge in [0.2, 0.25) is 0 Å². The molecule has 13 heavy (non-hydrogen) atoms. The monoisotopic (exact) mass is 187 g/mol. The average molecular weight is 187 g/mol. The first-order valence-corrected chi connectivity index (χ1v) is 3.91. The van der Waals surface area contributed by atoms with Crippen LogP contribution >= 0.6 is 0 Å². The van der Waals surface area contributed by atoms with Crippen molar-refractivity contribution in [1.29, 1.82) is 0 Å². The minimum absolute atomic E-state index is 0.223. The molecule has 0 aliphatic carbocycles. The number of hydrogen-bond donors (Lipinski definition) is 2. The first-order valence-electron chi connectivity index (χ1n) is 3.91. The molecule has 2 aliphatic heterocycles. The standard InChI is InChI=1S/C6H9N3O4/c7-9-8-3-5(11)4(10)2-1-12-6(3)13-2/h2-6,10-11H,1H2/t2-,3-,4-,5?,6?/m1/s1. The number of hydrogen-bond acceptors (Lipinski definition) is 5. The van der Waals surface area contributed by atoms with E-state index in [9.17, 15) is 10.2 Å². The van der Waals surface area contributed by atoms with Crippen molar-refractivity contribution in [2.24, 2.45) is 5.11 Å². The summed E-state index contributed by atoms with van der Waals surface area (Å²) in [6.07, 6.45) is -3.39. The third-order valence-electron chi connectivity index (χ3n) is 2.28. The highest BCUT2D eigenvalue weighted by atomic mass is 16.7. The maximum Gasteiger partial charge on any atom is 0.169 e. The Kier molecular flexibility index (Phi) is 2.10. The summed E-state index contributed by atoms with van der Waals surface area (Å²) < 4.78 is 10.2. The number of ether oxygens (including phenoxy) is 2. The molecule has 72 valence electrons. The molecule has 2 N–H and O–H groups in total. The zero-order valence-electron chi connectivity index (χ0n) is 6.65. The van der Waals surface area contributed by atoms with Crippen LogP contribution in [0.5, 0.6) is 0 Å². The fraction of sp³-hybridized carbons (Fsp3) is 1.00. The summed E-state index contributed by atoms with van der Waals surface area (Å²) in [7, 11) is 0. The van der Waals surface area contributed by atoms with Gasteiger partial charge in [-0.2, -0.15) is 0 Å². The molecule has 2 saturated heterocycles. The highest BCUT2D eigenvalue weighted by molar-refractivity contribution is 4.96. The van der Waals surface area contributed by atoms with Crippen molar-refractivity contribution in [2.45, 2.75) is 30.6 Å². The average Bonchev–Trinajstić information content (AvgIpc) is 2.56. The van der Waals surface area contributed by atoms with Crippen LogP contribution in [-0.2, 0) is 9.47 Å². The van der Waals surface area contributed by atoms with Crippen LogP contribution < -0.4 is 0 Å². The van der Waals surface area contributed by atoms with E-state index >= 15 is 0 Å². The Hall–Kier alpha value is -0.850. The van der Waals surface area contributed by atoms with Crippen LogP contribution in [0.4, 0.5) is 0 Å². The van der Waals surface area contributed by atoms with Crippen molar-refractivity contribution >= 4 is 0 Å². The summed E-state index contributed by atoms with van der Waals surface area (Å²) in [5.41, 5.74) is 8.20. The predicted molar refractivity (Wildman–Crippen MR) is 39.6 cm³/mol. The van der Waals surface area contributed by atoms with E-state index in [1.807, 2.05) is 0 Å². The second kappa shape index (κ2) is 3.13. The van der Waals surface area contributed by atoms with Gasteiger partial charge in [-0.15, -0.1) is 0 Å². The van der Waals surface area contributed by atoms with E-state index in [0.29, 0.717) is 0 Å². The lowest BCUT2D eigenvalue weighted by Gasteiger charge is -2.32. The van der Waals surface area contributed by atoms with E-state index in [0.717, 1.165) is 0 Å². The first kappa shape index (κ1) is 8.74.